The van der Waals surface area contributed by atoms with Gasteiger partial charge in [0.15, 0.2) is 10.8 Å². The highest BCUT2D eigenvalue weighted by atomic mass is 79.9. The molecule has 0 aliphatic carbocycles. The van der Waals surface area contributed by atoms with E-state index in [1.807, 2.05) is 12.4 Å². The van der Waals surface area contributed by atoms with E-state index in [1.165, 1.54) is 11.3 Å². The highest BCUT2D eigenvalue weighted by Crippen LogP contribution is 2.27. The second-order valence-electron chi connectivity index (χ2n) is 4.44. The molecule has 0 radical (unpaired) electrons. The Bertz CT molecular complexity index is 692. The van der Waals surface area contributed by atoms with Crippen LogP contribution in [0.1, 0.15) is 18.2 Å². The van der Waals surface area contributed by atoms with Crippen LogP contribution in [0.25, 0.3) is 4.96 Å². The molecule has 3 rings (SSSR count). The number of fused-ring (bicyclic) bond motifs is 1. The Morgan fingerprint density at radius 3 is 2.85 bits per heavy atom. The van der Waals surface area contributed by atoms with Crippen LogP contribution in [0.15, 0.2) is 36.1 Å². The van der Waals surface area contributed by atoms with Crippen molar-refractivity contribution in [3.63, 3.8) is 0 Å². The molecule has 0 saturated carbocycles. The molecule has 0 amide bonds. The molecule has 0 N–H and O–H groups in total. The van der Waals surface area contributed by atoms with E-state index in [-0.39, 0.29) is 0 Å². The average molecular weight is 351 g/mol. The predicted molar refractivity (Wildman–Crippen MR) is 86.7 cm³/mol. The van der Waals surface area contributed by atoms with Gasteiger partial charge in [0.2, 0.25) is 0 Å². The summed E-state index contributed by atoms with van der Waals surface area (Å²) in [4.78, 5) is 12.2. The normalized spacial score (nSPS) is 11.1. The Balaban J connectivity index is 1.96. The Hall–Kier alpha value is -1.40. The average Bonchev–Trinajstić information content (AvgIpc) is 3.06. The van der Waals surface area contributed by atoms with Gasteiger partial charge in [-0.3, -0.25) is 9.38 Å². The van der Waals surface area contributed by atoms with E-state index in [1.54, 1.807) is 11.3 Å². The van der Waals surface area contributed by atoms with Crippen LogP contribution in [0.5, 0.6) is 0 Å². The molecule has 6 heteroatoms. The smallest absolute Gasteiger partial charge is 0.195 e. The molecule has 0 spiro atoms. The first-order valence-electron chi connectivity index (χ1n) is 6.47. The van der Waals surface area contributed by atoms with E-state index < -0.39 is 0 Å². The summed E-state index contributed by atoms with van der Waals surface area (Å²) in [6.45, 7) is 3.93. The molecule has 0 fully saturated rings. The number of nitrogens with zero attached hydrogens (tertiary/aromatic N) is 4. The van der Waals surface area contributed by atoms with Gasteiger partial charge in [0.25, 0.3) is 0 Å². The lowest BCUT2D eigenvalue weighted by molar-refractivity contribution is 0.811. The molecule has 0 unspecified atom stereocenters. The number of aromatic nitrogens is 3. The maximum atomic E-state index is 4.77. The number of hydrogen-bond acceptors (Lipinski definition) is 4. The number of anilines is 1. The van der Waals surface area contributed by atoms with E-state index in [0.717, 1.165) is 29.2 Å². The zero-order valence-electron chi connectivity index (χ0n) is 11.2. The van der Waals surface area contributed by atoms with E-state index in [0.29, 0.717) is 0 Å². The zero-order chi connectivity index (χ0) is 13.9. The van der Waals surface area contributed by atoms with Crippen LogP contribution in [-0.2, 0) is 11.9 Å². The van der Waals surface area contributed by atoms with Crippen molar-refractivity contribution in [2.45, 2.75) is 18.8 Å². The fraction of sp³-hybridized carbons (Fsp3) is 0.286. The lowest BCUT2D eigenvalue weighted by Crippen LogP contribution is -2.23. The number of thiazole rings is 1. The molecule has 4 nitrogen and oxygen atoms in total. The molecule has 3 aromatic rings. The summed E-state index contributed by atoms with van der Waals surface area (Å²) in [5, 5.41) is 2.87. The minimum atomic E-state index is 0.799. The molecule has 0 atom stereocenters. The van der Waals surface area contributed by atoms with Gasteiger partial charge < -0.3 is 4.90 Å². The Morgan fingerprint density at radius 2 is 2.15 bits per heavy atom. The molecule has 0 saturated heterocycles. The van der Waals surface area contributed by atoms with Crippen LogP contribution in [0.3, 0.4) is 0 Å². The monoisotopic (exact) mass is 350 g/mol. The number of alkyl halides is 1. The fourth-order valence-electron chi connectivity index (χ4n) is 2.24. The first-order chi connectivity index (χ1) is 9.83. The van der Waals surface area contributed by atoms with Crippen molar-refractivity contribution in [1.82, 2.24) is 14.4 Å². The van der Waals surface area contributed by atoms with Crippen LogP contribution < -0.4 is 4.90 Å². The van der Waals surface area contributed by atoms with Crippen LogP contribution in [0.2, 0.25) is 0 Å². The minimum absolute atomic E-state index is 0.799. The molecule has 3 heterocycles. The van der Waals surface area contributed by atoms with Crippen molar-refractivity contribution in [1.29, 1.82) is 0 Å². The molecule has 0 aromatic carbocycles. The highest BCUT2D eigenvalue weighted by molar-refractivity contribution is 9.08. The van der Waals surface area contributed by atoms with Crippen LogP contribution in [-0.4, -0.2) is 20.9 Å². The van der Waals surface area contributed by atoms with Gasteiger partial charge in [-0.15, -0.1) is 11.3 Å². The fourth-order valence-corrected chi connectivity index (χ4v) is 3.49. The van der Waals surface area contributed by atoms with Crippen molar-refractivity contribution >= 4 is 38.0 Å². The third kappa shape index (κ3) is 2.45. The molecule has 3 aromatic heterocycles. The quantitative estimate of drug-likeness (QED) is 0.657. The van der Waals surface area contributed by atoms with Gasteiger partial charge in [0.1, 0.15) is 0 Å². The summed E-state index contributed by atoms with van der Waals surface area (Å²) in [6, 6.07) is 4.10. The number of halogens is 1. The van der Waals surface area contributed by atoms with Crippen molar-refractivity contribution in [3.05, 3.63) is 47.4 Å². The van der Waals surface area contributed by atoms with Gasteiger partial charge in [-0.05, 0) is 24.6 Å². The van der Waals surface area contributed by atoms with Crippen LogP contribution in [0.4, 0.5) is 5.82 Å². The highest BCUT2D eigenvalue weighted by Gasteiger charge is 2.17. The largest absolute Gasteiger partial charge is 0.351 e. The van der Waals surface area contributed by atoms with Crippen molar-refractivity contribution < 1.29 is 0 Å². The van der Waals surface area contributed by atoms with Gasteiger partial charge in [-0.2, -0.15) is 0 Å². The SMILES string of the molecule is CCN(Cc1ccncc1)c1nc2sccn2c1CBr. The standard InChI is InChI=1S/C14H15BrN4S/c1-2-18(10-11-3-5-16-6-4-11)13-12(9-15)19-7-8-20-14(19)17-13/h3-8H,2,9-10H2,1H3. The van der Waals surface area contributed by atoms with E-state index in [2.05, 4.69) is 60.8 Å². The summed E-state index contributed by atoms with van der Waals surface area (Å²) < 4.78 is 2.16. The lowest BCUT2D eigenvalue weighted by atomic mass is 10.2. The minimum Gasteiger partial charge on any atom is -0.351 e. The second kappa shape index (κ2) is 5.93. The number of hydrogen-bond donors (Lipinski definition) is 0. The van der Waals surface area contributed by atoms with Crippen LogP contribution in [0, 0.1) is 0 Å². The Kier molecular flexibility index (Phi) is 4.03. The Labute approximate surface area is 130 Å². The molecule has 0 aliphatic rings. The lowest BCUT2D eigenvalue weighted by Gasteiger charge is -2.21. The number of rotatable bonds is 5. The molecule has 0 bridgehead atoms. The summed E-state index contributed by atoms with van der Waals surface area (Å²) in [5.41, 5.74) is 2.45. The molecule has 20 heavy (non-hydrogen) atoms. The van der Waals surface area contributed by atoms with Crippen molar-refractivity contribution in [2.75, 3.05) is 11.4 Å². The van der Waals surface area contributed by atoms with Gasteiger partial charge in [0, 0.05) is 42.4 Å². The maximum Gasteiger partial charge on any atom is 0.195 e. The molecule has 0 aliphatic heterocycles. The van der Waals surface area contributed by atoms with Crippen molar-refractivity contribution in [3.8, 4) is 0 Å². The van der Waals surface area contributed by atoms with Gasteiger partial charge >= 0.3 is 0 Å². The van der Waals surface area contributed by atoms with Gasteiger partial charge in [-0.25, -0.2) is 4.98 Å². The van der Waals surface area contributed by atoms with E-state index in [4.69, 9.17) is 4.98 Å². The summed E-state index contributed by atoms with van der Waals surface area (Å²) in [7, 11) is 0. The number of imidazole rings is 1. The molecular formula is C14H15BrN4S. The maximum absolute atomic E-state index is 4.77. The summed E-state index contributed by atoms with van der Waals surface area (Å²) in [5.74, 6) is 1.06. The topological polar surface area (TPSA) is 33.4 Å². The predicted octanol–water partition coefficient (Wildman–Crippen LogP) is 3.71. The number of pyridine rings is 1. The Morgan fingerprint density at radius 1 is 1.35 bits per heavy atom. The third-order valence-electron chi connectivity index (χ3n) is 3.27. The summed E-state index contributed by atoms with van der Waals surface area (Å²) in [6.07, 6.45) is 5.74. The first kappa shape index (κ1) is 13.6. The third-order valence-corrected chi connectivity index (χ3v) is 4.56. The molecule has 104 valence electrons. The van der Waals surface area contributed by atoms with Gasteiger partial charge in [-0.1, -0.05) is 15.9 Å². The second-order valence-corrected chi connectivity index (χ2v) is 5.87. The van der Waals surface area contributed by atoms with E-state index in [9.17, 15) is 0 Å². The van der Waals surface area contributed by atoms with Gasteiger partial charge in [0.05, 0.1) is 5.69 Å². The van der Waals surface area contributed by atoms with Crippen LogP contribution >= 0.6 is 27.3 Å². The molecular weight excluding hydrogens is 336 g/mol. The zero-order valence-corrected chi connectivity index (χ0v) is 13.6. The first-order valence-corrected chi connectivity index (χ1v) is 8.47. The summed E-state index contributed by atoms with van der Waals surface area (Å²) >= 11 is 5.25. The van der Waals surface area contributed by atoms with Crippen molar-refractivity contribution in [2.24, 2.45) is 0 Å². The van der Waals surface area contributed by atoms with E-state index >= 15 is 0 Å².